The van der Waals surface area contributed by atoms with Gasteiger partial charge in [-0.2, -0.15) is 0 Å². The summed E-state index contributed by atoms with van der Waals surface area (Å²) in [6.45, 7) is 2.42. The van der Waals surface area contributed by atoms with Crippen molar-refractivity contribution in [3.05, 3.63) is 12.2 Å². The summed E-state index contributed by atoms with van der Waals surface area (Å²) >= 11 is 0. The van der Waals surface area contributed by atoms with Gasteiger partial charge in [-0.1, -0.05) is 6.08 Å². The van der Waals surface area contributed by atoms with Gasteiger partial charge in [0.15, 0.2) is 0 Å². The highest BCUT2D eigenvalue weighted by Crippen LogP contribution is 2.11. The van der Waals surface area contributed by atoms with Crippen molar-refractivity contribution >= 4 is 0 Å². The molecule has 0 N–H and O–H groups in total. The Morgan fingerprint density at radius 3 is 1.86 bits per heavy atom. The van der Waals surface area contributed by atoms with Crippen LogP contribution in [0.3, 0.4) is 0 Å². The van der Waals surface area contributed by atoms with Gasteiger partial charge in [0, 0.05) is 6.92 Å². The van der Waals surface area contributed by atoms with E-state index in [2.05, 4.69) is 0 Å². The van der Waals surface area contributed by atoms with Gasteiger partial charge in [0.2, 0.25) is 0 Å². The largest absolute Gasteiger partial charge is 0.263 e. The minimum absolute atomic E-state index is 0.854. The van der Waals surface area contributed by atoms with E-state index in [1.807, 2.05) is 0 Å². The summed E-state index contributed by atoms with van der Waals surface area (Å²) < 4.78 is 23.3. The van der Waals surface area contributed by atoms with E-state index in [9.17, 15) is 8.78 Å². The zero-order valence-electron chi connectivity index (χ0n) is 4.41. The van der Waals surface area contributed by atoms with E-state index in [1.165, 1.54) is 6.08 Å². The molecule has 0 aromatic carbocycles. The molecule has 0 saturated carbocycles. The average Bonchev–Trinajstić information content (AvgIpc) is 1.30. The summed E-state index contributed by atoms with van der Waals surface area (Å²) in [5.74, 6) is -2.63. The van der Waals surface area contributed by atoms with Crippen molar-refractivity contribution in [2.75, 3.05) is 0 Å². The molecule has 0 radical (unpaired) electrons. The van der Waals surface area contributed by atoms with Crippen molar-refractivity contribution < 1.29 is 8.78 Å². The topological polar surface area (TPSA) is 0 Å². The van der Waals surface area contributed by atoms with Gasteiger partial charge in [0.25, 0.3) is 5.92 Å². The minimum Gasteiger partial charge on any atom is -0.202 e. The Morgan fingerprint density at radius 2 is 1.86 bits per heavy atom. The highest BCUT2D eigenvalue weighted by Gasteiger charge is 2.13. The molecule has 0 nitrogen and oxygen atoms in total. The lowest BCUT2D eigenvalue weighted by molar-refractivity contribution is 0.0773. The summed E-state index contributed by atoms with van der Waals surface area (Å²) in [5, 5.41) is 0. The van der Waals surface area contributed by atoms with E-state index in [4.69, 9.17) is 0 Å². The molecule has 2 heteroatoms. The van der Waals surface area contributed by atoms with Crippen LogP contribution >= 0.6 is 0 Å². The molecule has 0 aliphatic carbocycles. The molecule has 7 heavy (non-hydrogen) atoms. The molecular formula is C5H8F2. The number of rotatable bonds is 1. The van der Waals surface area contributed by atoms with Crippen LogP contribution in [-0.4, -0.2) is 5.92 Å². The molecule has 42 valence electrons. The lowest BCUT2D eigenvalue weighted by atomic mass is 10.3. The molecule has 0 rings (SSSR count). The van der Waals surface area contributed by atoms with Gasteiger partial charge in [-0.05, 0) is 13.0 Å². The minimum atomic E-state index is -2.63. The van der Waals surface area contributed by atoms with Crippen LogP contribution in [0, 0.1) is 0 Å². The highest BCUT2D eigenvalue weighted by molar-refractivity contribution is 4.88. The third kappa shape index (κ3) is 5.60. The third-order valence-electron chi connectivity index (χ3n) is 0.459. The SMILES string of the molecule is CC=CC(C)(F)F. The normalized spacial score (nSPS) is 13.1. The Kier molecular flexibility index (Phi) is 1.93. The molecule has 0 aliphatic rings. The van der Waals surface area contributed by atoms with Crippen LogP contribution in [0.4, 0.5) is 8.78 Å². The zero-order chi connectivity index (χ0) is 5.91. The fourth-order valence-electron chi connectivity index (χ4n) is 0.293. The van der Waals surface area contributed by atoms with Crippen LogP contribution < -0.4 is 0 Å². The molecular weight excluding hydrogens is 98.1 g/mol. The number of hydrogen-bond acceptors (Lipinski definition) is 0. The molecule has 0 aliphatic heterocycles. The standard InChI is InChI=1S/C5H8F2/c1-3-4-5(2,6)7/h3-4H,1-2H3. The maximum atomic E-state index is 11.6. The summed E-state index contributed by atoms with van der Waals surface area (Å²) in [7, 11) is 0. The van der Waals surface area contributed by atoms with E-state index in [1.54, 1.807) is 6.92 Å². The van der Waals surface area contributed by atoms with Crippen LogP contribution in [0.5, 0.6) is 0 Å². The van der Waals surface area contributed by atoms with Crippen molar-refractivity contribution in [3.63, 3.8) is 0 Å². The van der Waals surface area contributed by atoms with E-state index in [-0.39, 0.29) is 0 Å². The van der Waals surface area contributed by atoms with Gasteiger partial charge in [-0.3, -0.25) is 0 Å². The molecule has 0 saturated heterocycles. The molecule has 0 spiro atoms. The molecule has 0 bridgehead atoms. The molecule has 0 amide bonds. The van der Waals surface area contributed by atoms with E-state index >= 15 is 0 Å². The monoisotopic (exact) mass is 106 g/mol. The van der Waals surface area contributed by atoms with Gasteiger partial charge >= 0.3 is 0 Å². The summed E-state index contributed by atoms with van der Waals surface area (Å²) in [6.07, 6.45) is 2.19. The second kappa shape index (κ2) is 2.05. The quantitative estimate of drug-likeness (QED) is 0.449. The molecule has 0 aromatic heterocycles. The van der Waals surface area contributed by atoms with E-state index in [0.29, 0.717) is 0 Å². The first-order valence-corrected chi connectivity index (χ1v) is 2.08. The summed E-state index contributed by atoms with van der Waals surface area (Å²) in [6, 6.07) is 0. The van der Waals surface area contributed by atoms with Crippen LogP contribution in [0.15, 0.2) is 12.2 Å². The van der Waals surface area contributed by atoms with Crippen LogP contribution in [0.1, 0.15) is 13.8 Å². The number of allylic oxidation sites excluding steroid dienone is 2. The number of alkyl halides is 2. The Morgan fingerprint density at radius 1 is 1.43 bits per heavy atom. The number of halogens is 2. The second-order valence-corrected chi connectivity index (χ2v) is 1.46. The molecule has 0 heterocycles. The maximum absolute atomic E-state index is 11.6. The van der Waals surface area contributed by atoms with Crippen LogP contribution in [-0.2, 0) is 0 Å². The average molecular weight is 106 g/mol. The third-order valence-corrected chi connectivity index (χ3v) is 0.459. The fourth-order valence-corrected chi connectivity index (χ4v) is 0.293. The predicted octanol–water partition coefficient (Wildman–Crippen LogP) is 2.22. The number of hydrogen-bond donors (Lipinski definition) is 0. The Balaban J connectivity index is 3.56. The smallest absolute Gasteiger partial charge is 0.202 e. The summed E-state index contributed by atoms with van der Waals surface area (Å²) in [4.78, 5) is 0. The van der Waals surface area contributed by atoms with Gasteiger partial charge in [-0.15, -0.1) is 0 Å². The first kappa shape index (κ1) is 6.60. The van der Waals surface area contributed by atoms with Crippen LogP contribution in [0.25, 0.3) is 0 Å². The Hall–Kier alpha value is -0.400. The molecule has 0 aromatic rings. The maximum Gasteiger partial charge on any atom is 0.263 e. The molecule has 0 unspecified atom stereocenters. The first-order chi connectivity index (χ1) is 3.06. The van der Waals surface area contributed by atoms with E-state index in [0.717, 1.165) is 13.0 Å². The molecule has 0 atom stereocenters. The Labute approximate surface area is 41.8 Å². The van der Waals surface area contributed by atoms with Crippen molar-refractivity contribution in [1.82, 2.24) is 0 Å². The van der Waals surface area contributed by atoms with Gasteiger partial charge < -0.3 is 0 Å². The van der Waals surface area contributed by atoms with E-state index < -0.39 is 5.92 Å². The van der Waals surface area contributed by atoms with Crippen molar-refractivity contribution in [1.29, 1.82) is 0 Å². The molecule has 0 fully saturated rings. The second-order valence-electron chi connectivity index (χ2n) is 1.46. The van der Waals surface area contributed by atoms with Gasteiger partial charge in [0.05, 0.1) is 0 Å². The predicted molar refractivity (Wildman–Crippen MR) is 25.4 cm³/mol. The van der Waals surface area contributed by atoms with Gasteiger partial charge in [0.1, 0.15) is 0 Å². The Bertz CT molecular complexity index is 68.6. The highest BCUT2D eigenvalue weighted by atomic mass is 19.3. The first-order valence-electron chi connectivity index (χ1n) is 2.08. The lowest BCUT2D eigenvalue weighted by Gasteiger charge is -1.98. The lowest BCUT2D eigenvalue weighted by Crippen LogP contribution is -2.02. The summed E-state index contributed by atoms with van der Waals surface area (Å²) in [5.41, 5.74) is 0. The van der Waals surface area contributed by atoms with Crippen LogP contribution in [0.2, 0.25) is 0 Å². The van der Waals surface area contributed by atoms with Crippen molar-refractivity contribution in [3.8, 4) is 0 Å². The van der Waals surface area contributed by atoms with Crippen molar-refractivity contribution in [2.24, 2.45) is 0 Å². The zero-order valence-corrected chi connectivity index (χ0v) is 4.41. The van der Waals surface area contributed by atoms with Gasteiger partial charge in [-0.25, -0.2) is 8.78 Å². The fraction of sp³-hybridized carbons (Fsp3) is 0.600. The van der Waals surface area contributed by atoms with Crippen molar-refractivity contribution in [2.45, 2.75) is 19.8 Å².